The summed E-state index contributed by atoms with van der Waals surface area (Å²) in [5.41, 5.74) is 0.756. The first kappa shape index (κ1) is 13.6. The van der Waals surface area contributed by atoms with Gasteiger partial charge >= 0.3 is 0 Å². The van der Waals surface area contributed by atoms with Crippen LogP contribution in [0.25, 0.3) is 10.1 Å². The predicted octanol–water partition coefficient (Wildman–Crippen LogP) is 2.84. The van der Waals surface area contributed by atoms with Crippen LogP contribution in [0.1, 0.15) is 16.1 Å². The molecule has 1 aromatic heterocycles. The molecule has 1 amide bonds. The Morgan fingerprint density at radius 1 is 1.36 bits per heavy atom. The predicted molar refractivity (Wildman–Crippen MR) is 85.8 cm³/mol. The average molecular weight is 314 g/mol. The molecule has 0 spiro atoms. The standard InChI is InChI=1S/C16H16N3O2S/c20-16(15-10-12-4-1-2-5-14(12)22-15)18-8-3-9-19(21)13(11-18)6-7-17-19/h1-2,4-7,10,21H,3,8-9,11H2/q+1. The number of carbonyl (C=O) groups is 1. The fourth-order valence-electron chi connectivity index (χ4n) is 2.96. The number of hydrogen-bond donors (Lipinski definition) is 1. The number of hydrogen-bond acceptors (Lipinski definition) is 4. The third-order valence-corrected chi connectivity index (χ3v) is 5.26. The van der Waals surface area contributed by atoms with E-state index in [4.69, 9.17) is 0 Å². The number of benzene rings is 1. The molecule has 5 nitrogen and oxygen atoms in total. The van der Waals surface area contributed by atoms with E-state index in [1.54, 1.807) is 17.2 Å². The molecule has 1 aromatic carbocycles. The van der Waals surface area contributed by atoms with Gasteiger partial charge in [0.1, 0.15) is 13.1 Å². The summed E-state index contributed by atoms with van der Waals surface area (Å²) in [7, 11) is 0. The van der Waals surface area contributed by atoms with Gasteiger partial charge in [0, 0.05) is 23.7 Å². The van der Waals surface area contributed by atoms with Crippen molar-refractivity contribution in [3.05, 3.63) is 47.0 Å². The van der Waals surface area contributed by atoms with Gasteiger partial charge in [-0.1, -0.05) is 18.2 Å². The number of quaternary nitrogens is 1. The van der Waals surface area contributed by atoms with Gasteiger partial charge < -0.3 is 4.90 Å². The van der Waals surface area contributed by atoms with Gasteiger partial charge in [0.2, 0.25) is 0 Å². The van der Waals surface area contributed by atoms with E-state index in [-0.39, 0.29) is 5.91 Å². The lowest BCUT2D eigenvalue weighted by atomic mass is 10.2. The lowest BCUT2D eigenvalue weighted by Gasteiger charge is -2.21. The minimum absolute atomic E-state index is 0.0300. The van der Waals surface area contributed by atoms with Crippen LogP contribution < -0.4 is 0 Å². The van der Waals surface area contributed by atoms with Crippen LogP contribution in [0.5, 0.6) is 0 Å². The molecule has 2 aliphatic rings. The third-order valence-electron chi connectivity index (χ3n) is 4.16. The summed E-state index contributed by atoms with van der Waals surface area (Å²) >= 11 is 1.52. The molecular weight excluding hydrogens is 298 g/mol. The zero-order valence-corrected chi connectivity index (χ0v) is 12.8. The van der Waals surface area contributed by atoms with Crippen molar-refractivity contribution in [2.45, 2.75) is 6.42 Å². The molecule has 1 fully saturated rings. The highest BCUT2D eigenvalue weighted by Gasteiger charge is 2.39. The highest BCUT2D eigenvalue weighted by Crippen LogP contribution is 2.29. The maximum absolute atomic E-state index is 12.8. The van der Waals surface area contributed by atoms with E-state index in [9.17, 15) is 10.0 Å². The van der Waals surface area contributed by atoms with E-state index in [0.717, 1.165) is 27.1 Å². The van der Waals surface area contributed by atoms with Gasteiger partial charge in [0.05, 0.1) is 11.1 Å². The molecule has 0 saturated carbocycles. The summed E-state index contributed by atoms with van der Waals surface area (Å²) in [5.74, 6) is 0.0300. The number of rotatable bonds is 1. The molecule has 6 heteroatoms. The Balaban J connectivity index is 1.62. The van der Waals surface area contributed by atoms with Crippen molar-refractivity contribution < 1.29 is 14.8 Å². The fraction of sp³-hybridized carbons (Fsp3) is 0.250. The number of carbonyl (C=O) groups excluding carboxylic acids is 1. The second kappa shape index (κ2) is 5.01. The van der Waals surface area contributed by atoms with Crippen LogP contribution in [-0.2, 0) is 0 Å². The van der Waals surface area contributed by atoms with Gasteiger partial charge in [-0.25, -0.2) is 0 Å². The Bertz CT molecular complexity index is 778. The molecule has 0 bridgehead atoms. The van der Waals surface area contributed by atoms with Crippen molar-refractivity contribution in [1.82, 2.24) is 4.90 Å². The van der Waals surface area contributed by atoms with E-state index in [1.807, 2.05) is 30.3 Å². The molecule has 2 aromatic rings. The summed E-state index contributed by atoms with van der Waals surface area (Å²) in [6.07, 6.45) is 4.14. The minimum Gasteiger partial charge on any atom is -0.328 e. The summed E-state index contributed by atoms with van der Waals surface area (Å²) < 4.78 is 0.729. The van der Waals surface area contributed by atoms with Crippen molar-refractivity contribution in [1.29, 1.82) is 0 Å². The van der Waals surface area contributed by atoms with Gasteiger partial charge in [-0.3, -0.25) is 4.79 Å². The van der Waals surface area contributed by atoms with Gasteiger partial charge in [-0.05, 0) is 27.4 Å². The van der Waals surface area contributed by atoms with Crippen LogP contribution in [0.2, 0.25) is 0 Å². The maximum Gasteiger partial charge on any atom is 0.264 e. The van der Waals surface area contributed by atoms with E-state index >= 15 is 0 Å². The van der Waals surface area contributed by atoms with Crippen molar-refractivity contribution in [3.8, 4) is 0 Å². The largest absolute Gasteiger partial charge is 0.328 e. The van der Waals surface area contributed by atoms with Gasteiger partial charge in [0.15, 0.2) is 5.70 Å². The van der Waals surface area contributed by atoms with E-state index in [2.05, 4.69) is 5.10 Å². The number of allylic oxidation sites excluding steroid dienone is 1. The van der Waals surface area contributed by atoms with E-state index < -0.39 is 4.76 Å². The Hall–Kier alpha value is -2.02. The number of thiophene rings is 1. The second-order valence-corrected chi connectivity index (χ2v) is 6.69. The first-order chi connectivity index (χ1) is 10.7. The second-order valence-electron chi connectivity index (χ2n) is 5.61. The number of nitrogens with zero attached hydrogens (tertiary/aromatic N) is 3. The third kappa shape index (κ3) is 2.16. The molecule has 1 atom stereocenters. The quantitative estimate of drug-likeness (QED) is 0.823. The van der Waals surface area contributed by atoms with Crippen molar-refractivity contribution in [2.75, 3.05) is 19.6 Å². The zero-order valence-electron chi connectivity index (χ0n) is 12.0. The highest BCUT2D eigenvalue weighted by atomic mass is 32.1. The summed E-state index contributed by atoms with van der Waals surface area (Å²) in [6.45, 7) is 1.57. The van der Waals surface area contributed by atoms with E-state index in [1.165, 1.54) is 11.3 Å². The van der Waals surface area contributed by atoms with Crippen molar-refractivity contribution >= 4 is 33.5 Å². The molecule has 1 unspecified atom stereocenters. The number of hydroxylamine groups is 2. The first-order valence-electron chi connectivity index (χ1n) is 7.30. The van der Waals surface area contributed by atoms with Crippen molar-refractivity contribution in [3.63, 3.8) is 0 Å². The molecule has 1 saturated heterocycles. The summed E-state index contributed by atoms with van der Waals surface area (Å²) in [5, 5.41) is 15.6. The zero-order chi connectivity index (χ0) is 15.2. The fourth-order valence-corrected chi connectivity index (χ4v) is 3.99. The van der Waals surface area contributed by atoms with E-state index in [0.29, 0.717) is 19.6 Å². The summed E-state index contributed by atoms with van der Waals surface area (Å²) in [6, 6.07) is 9.97. The van der Waals surface area contributed by atoms with Crippen molar-refractivity contribution in [2.24, 2.45) is 5.10 Å². The Labute approximate surface area is 131 Å². The number of amides is 1. The number of fused-ring (bicyclic) bond motifs is 2. The molecule has 0 aliphatic carbocycles. The van der Waals surface area contributed by atoms with Crippen LogP contribution in [0, 0.1) is 0 Å². The monoisotopic (exact) mass is 314 g/mol. The lowest BCUT2D eigenvalue weighted by Crippen LogP contribution is -2.39. The molecule has 4 rings (SSSR count). The SMILES string of the molecule is O=C(c1cc2ccccc2s1)N1CCC[N+]2(O)N=CC=C2C1. The summed E-state index contributed by atoms with van der Waals surface area (Å²) in [4.78, 5) is 15.4. The smallest absolute Gasteiger partial charge is 0.264 e. The average Bonchev–Trinajstić information content (AvgIpc) is 3.06. The molecule has 1 N–H and O–H groups in total. The molecule has 22 heavy (non-hydrogen) atoms. The highest BCUT2D eigenvalue weighted by molar-refractivity contribution is 7.20. The molecule has 2 aliphatic heterocycles. The van der Waals surface area contributed by atoms with Gasteiger partial charge in [-0.15, -0.1) is 11.3 Å². The Morgan fingerprint density at radius 3 is 3.09 bits per heavy atom. The molecule has 3 heterocycles. The Morgan fingerprint density at radius 2 is 2.23 bits per heavy atom. The topological polar surface area (TPSA) is 52.9 Å². The van der Waals surface area contributed by atoms with Crippen LogP contribution >= 0.6 is 11.3 Å². The Kier molecular flexibility index (Phi) is 3.11. The van der Waals surface area contributed by atoms with Crippen LogP contribution in [0.3, 0.4) is 0 Å². The molecule has 112 valence electrons. The lowest BCUT2D eigenvalue weighted by molar-refractivity contribution is -1.08. The van der Waals surface area contributed by atoms with Crippen LogP contribution in [0.15, 0.2) is 47.2 Å². The normalized spacial score (nSPS) is 24.2. The van der Waals surface area contributed by atoms with Gasteiger partial charge in [-0.2, -0.15) is 5.21 Å². The minimum atomic E-state index is -0.393. The molecular formula is C16H16N3O2S+. The first-order valence-corrected chi connectivity index (χ1v) is 8.11. The van der Waals surface area contributed by atoms with Crippen LogP contribution in [0.4, 0.5) is 0 Å². The maximum atomic E-state index is 12.8. The van der Waals surface area contributed by atoms with Crippen LogP contribution in [-0.4, -0.2) is 46.6 Å². The molecule has 0 radical (unpaired) electrons. The van der Waals surface area contributed by atoms with Gasteiger partial charge in [0.25, 0.3) is 5.91 Å².